The molecule has 2 heterocycles. The summed E-state index contributed by atoms with van der Waals surface area (Å²) in [7, 11) is -2.49. The Hall–Kier alpha value is -2.14. The Morgan fingerprint density at radius 2 is 2.17 bits per heavy atom. The van der Waals surface area contributed by atoms with Crippen LogP contribution in [-0.2, 0) is 17.1 Å². The molecule has 0 radical (unpaired) electrons. The molecule has 0 bridgehead atoms. The number of carbonyl (C=O) groups is 1. The summed E-state index contributed by atoms with van der Waals surface area (Å²) in [5.41, 5.74) is 0.223. The van der Waals surface area contributed by atoms with Gasteiger partial charge in [-0.2, -0.15) is 0 Å². The molecule has 1 amide bonds. The van der Waals surface area contributed by atoms with Crippen LogP contribution < -0.4 is 14.8 Å². The Morgan fingerprint density at radius 1 is 1.45 bits per heavy atom. The predicted octanol–water partition coefficient (Wildman–Crippen LogP) is 1.88. The second kappa shape index (κ2) is 7.28. The summed E-state index contributed by atoms with van der Waals surface area (Å²) in [4.78, 5) is 12.6. The van der Waals surface area contributed by atoms with Crippen molar-refractivity contribution in [3.8, 4) is 5.75 Å². The van der Waals surface area contributed by atoms with Crippen molar-refractivity contribution in [2.75, 3.05) is 11.9 Å². The van der Waals surface area contributed by atoms with Crippen molar-refractivity contribution in [1.29, 1.82) is 0 Å². The van der Waals surface area contributed by atoms with Gasteiger partial charge in [0.15, 0.2) is 11.4 Å². The maximum atomic E-state index is 13.3. The van der Waals surface area contributed by atoms with Gasteiger partial charge < -0.3 is 19.7 Å². The van der Waals surface area contributed by atoms with Crippen molar-refractivity contribution in [1.82, 2.24) is 9.29 Å². The van der Waals surface area contributed by atoms with Crippen LogP contribution in [0, 0.1) is 11.7 Å². The molecule has 1 saturated carbocycles. The Kier molecular flexibility index (Phi) is 5.06. The highest BCUT2D eigenvalue weighted by Crippen LogP contribution is 2.37. The number of fused-ring (bicyclic) bond motifs is 1. The van der Waals surface area contributed by atoms with E-state index in [0.29, 0.717) is 0 Å². The van der Waals surface area contributed by atoms with Gasteiger partial charge in [-0.1, -0.05) is 11.6 Å². The molecule has 2 aliphatic rings. The van der Waals surface area contributed by atoms with Gasteiger partial charge in [0.1, 0.15) is 17.3 Å². The summed E-state index contributed by atoms with van der Waals surface area (Å²) >= 11 is 5.74. The summed E-state index contributed by atoms with van der Waals surface area (Å²) in [6.45, 7) is -0.115. The zero-order chi connectivity index (χ0) is 20.9. The van der Waals surface area contributed by atoms with Crippen LogP contribution in [-0.4, -0.2) is 42.8 Å². The topological polar surface area (TPSA) is 110 Å². The minimum atomic E-state index is -4.01. The van der Waals surface area contributed by atoms with Crippen molar-refractivity contribution in [2.45, 2.75) is 29.9 Å². The summed E-state index contributed by atoms with van der Waals surface area (Å²) in [6, 6.07) is 2.88. The average Bonchev–Trinajstić information content (AvgIpc) is 3.45. The minimum absolute atomic E-state index is 0.0209. The molecule has 1 unspecified atom stereocenters. The smallest absolute Gasteiger partial charge is 0.276 e. The number of halogens is 2. The second-order valence-corrected chi connectivity index (χ2v) is 9.32. The third-order valence-corrected chi connectivity index (χ3v) is 6.79. The van der Waals surface area contributed by atoms with Crippen molar-refractivity contribution < 1.29 is 27.4 Å². The minimum Gasteiger partial charge on any atom is -0.488 e. The lowest BCUT2D eigenvalue weighted by Gasteiger charge is -2.21. The van der Waals surface area contributed by atoms with Gasteiger partial charge in [0.2, 0.25) is 10.0 Å². The van der Waals surface area contributed by atoms with Gasteiger partial charge in [-0.25, -0.2) is 17.5 Å². The Labute approximate surface area is 171 Å². The highest BCUT2D eigenvalue weighted by molar-refractivity contribution is 7.89. The molecule has 1 aliphatic heterocycles. The highest BCUT2D eigenvalue weighted by atomic mass is 35.5. The van der Waals surface area contributed by atoms with E-state index < -0.39 is 33.9 Å². The van der Waals surface area contributed by atoms with Gasteiger partial charge in [-0.3, -0.25) is 4.79 Å². The first-order chi connectivity index (χ1) is 13.7. The molecular formula is C18H19ClFN3O5S. The SMILES string of the molecule is Cn1cc2c(c1C(=O)Nc1ccc(F)c(Cl)c1)OC[C@H](C(O)C1CC1)NS2(=O)=O. The number of benzene rings is 1. The molecule has 2 atom stereocenters. The van der Waals surface area contributed by atoms with E-state index in [1.54, 1.807) is 0 Å². The third kappa shape index (κ3) is 3.85. The zero-order valence-electron chi connectivity index (χ0n) is 15.4. The van der Waals surface area contributed by atoms with Crippen LogP contribution in [0.5, 0.6) is 5.75 Å². The van der Waals surface area contributed by atoms with E-state index in [-0.39, 0.29) is 39.6 Å². The Bertz CT molecular complexity index is 1080. The van der Waals surface area contributed by atoms with E-state index in [2.05, 4.69) is 10.0 Å². The monoisotopic (exact) mass is 443 g/mol. The van der Waals surface area contributed by atoms with Crippen LogP contribution in [0.25, 0.3) is 0 Å². The summed E-state index contributed by atoms with van der Waals surface area (Å²) in [6.07, 6.45) is 2.08. The molecule has 2 aromatic rings. The lowest BCUT2D eigenvalue weighted by Crippen LogP contribution is -2.46. The number of aryl methyl sites for hydroxylation is 1. The van der Waals surface area contributed by atoms with Crippen molar-refractivity contribution in [3.63, 3.8) is 0 Å². The lowest BCUT2D eigenvalue weighted by atomic mass is 10.1. The molecule has 1 aromatic heterocycles. The Morgan fingerprint density at radius 3 is 2.83 bits per heavy atom. The number of aromatic nitrogens is 1. The van der Waals surface area contributed by atoms with Crippen molar-refractivity contribution >= 4 is 33.2 Å². The molecule has 11 heteroatoms. The fourth-order valence-electron chi connectivity index (χ4n) is 3.34. The number of carbonyl (C=O) groups excluding carboxylic acids is 1. The molecule has 4 rings (SSSR count). The van der Waals surface area contributed by atoms with Crippen LogP contribution in [0.2, 0.25) is 5.02 Å². The average molecular weight is 444 g/mol. The maximum Gasteiger partial charge on any atom is 0.276 e. The number of ether oxygens (including phenoxy) is 1. The van der Waals surface area contributed by atoms with Gasteiger partial charge in [-0.15, -0.1) is 0 Å². The van der Waals surface area contributed by atoms with E-state index in [9.17, 15) is 22.7 Å². The highest BCUT2D eigenvalue weighted by Gasteiger charge is 2.41. The van der Waals surface area contributed by atoms with E-state index in [1.165, 1.54) is 29.9 Å². The number of sulfonamides is 1. The fraction of sp³-hybridized carbons (Fsp3) is 0.389. The first-order valence-electron chi connectivity index (χ1n) is 8.96. The van der Waals surface area contributed by atoms with Crippen molar-refractivity contribution in [3.05, 3.63) is 40.9 Å². The van der Waals surface area contributed by atoms with Crippen LogP contribution >= 0.6 is 11.6 Å². The molecule has 0 saturated heterocycles. The largest absolute Gasteiger partial charge is 0.488 e. The first kappa shape index (κ1) is 20.1. The van der Waals surface area contributed by atoms with E-state index in [0.717, 1.165) is 18.9 Å². The van der Waals surface area contributed by atoms with E-state index in [4.69, 9.17) is 16.3 Å². The summed E-state index contributed by atoms with van der Waals surface area (Å²) in [5.74, 6) is -1.33. The molecule has 1 aromatic carbocycles. The van der Waals surface area contributed by atoms with Gasteiger partial charge in [0.05, 0.1) is 17.2 Å². The molecule has 1 fully saturated rings. The predicted molar refractivity (Wildman–Crippen MR) is 103 cm³/mol. The number of nitrogens with one attached hydrogen (secondary N) is 2. The molecule has 3 N–H and O–H groups in total. The second-order valence-electron chi connectivity index (χ2n) is 7.23. The number of nitrogens with zero attached hydrogens (tertiary/aromatic N) is 1. The molecule has 156 valence electrons. The number of rotatable bonds is 4. The summed E-state index contributed by atoms with van der Waals surface area (Å²) in [5, 5.41) is 12.7. The maximum absolute atomic E-state index is 13.3. The standard InChI is InChI=1S/C18H19ClFN3O5S/c1-23-7-14-17(15(23)18(25)21-10-4-5-12(20)11(19)6-10)28-8-13(22-29(14,26)27)16(24)9-2-3-9/h4-7,9,13,16,22,24H,2-3,8H2,1H3,(H,21,25)/t13-,16?/m1/s1. The molecule has 8 nitrogen and oxygen atoms in total. The molecular weight excluding hydrogens is 425 g/mol. The first-order valence-corrected chi connectivity index (χ1v) is 10.8. The third-order valence-electron chi connectivity index (χ3n) is 5.02. The molecule has 0 spiro atoms. The van der Waals surface area contributed by atoms with E-state index >= 15 is 0 Å². The normalized spacial score (nSPS) is 21.6. The van der Waals surface area contributed by atoms with Gasteiger partial charge in [0, 0.05) is 18.9 Å². The van der Waals surface area contributed by atoms with Gasteiger partial charge in [-0.05, 0) is 37.0 Å². The Balaban J connectivity index is 1.64. The quantitative estimate of drug-likeness (QED) is 0.668. The van der Waals surface area contributed by atoms with Crippen molar-refractivity contribution in [2.24, 2.45) is 13.0 Å². The van der Waals surface area contributed by atoms with Gasteiger partial charge in [0.25, 0.3) is 5.91 Å². The molecule has 1 aliphatic carbocycles. The number of aliphatic hydroxyl groups excluding tert-OH is 1. The van der Waals surface area contributed by atoms with Gasteiger partial charge >= 0.3 is 0 Å². The number of aliphatic hydroxyl groups is 1. The summed E-state index contributed by atoms with van der Waals surface area (Å²) < 4.78 is 48.4. The van der Waals surface area contributed by atoms with Crippen LogP contribution in [0.1, 0.15) is 23.3 Å². The van der Waals surface area contributed by atoms with Crippen LogP contribution in [0.3, 0.4) is 0 Å². The van der Waals surface area contributed by atoms with Crippen LogP contribution in [0.15, 0.2) is 29.3 Å². The van der Waals surface area contributed by atoms with Crippen LogP contribution in [0.4, 0.5) is 10.1 Å². The number of anilines is 1. The number of hydrogen-bond donors (Lipinski definition) is 3. The zero-order valence-corrected chi connectivity index (χ0v) is 16.9. The number of hydrogen-bond acceptors (Lipinski definition) is 5. The fourth-order valence-corrected chi connectivity index (χ4v) is 4.95. The lowest BCUT2D eigenvalue weighted by molar-refractivity contribution is 0.0898. The van der Waals surface area contributed by atoms with E-state index in [1.807, 2.05) is 0 Å². The molecule has 29 heavy (non-hydrogen) atoms. The number of amides is 1.